The molecule has 1 atom stereocenters. The number of thiophene rings is 1. The van der Waals surface area contributed by atoms with Gasteiger partial charge >= 0.3 is 0 Å². The lowest BCUT2D eigenvalue weighted by molar-refractivity contribution is -0.123. The minimum absolute atomic E-state index is 0.257. The highest BCUT2D eigenvalue weighted by Gasteiger charge is 2.40. The van der Waals surface area contributed by atoms with Crippen LogP contribution >= 0.6 is 22.7 Å². The van der Waals surface area contributed by atoms with E-state index in [-0.39, 0.29) is 10.1 Å². The quantitative estimate of drug-likeness (QED) is 0.284. The Bertz CT molecular complexity index is 1530. The van der Waals surface area contributed by atoms with Crippen LogP contribution in [0.1, 0.15) is 37.6 Å². The van der Waals surface area contributed by atoms with Crippen molar-refractivity contribution < 1.29 is 17.9 Å². The summed E-state index contributed by atoms with van der Waals surface area (Å²) in [6.07, 6.45) is 1.97. The number of rotatable bonds is 9. The second-order valence-electron chi connectivity index (χ2n) is 9.23. The number of piperidine rings is 1. The van der Waals surface area contributed by atoms with Crippen LogP contribution in [-0.2, 0) is 21.4 Å². The number of fused-ring (bicyclic) bond motifs is 1. The number of hydrogen-bond acceptors (Lipinski definition) is 8. The van der Waals surface area contributed by atoms with Crippen molar-refractivity contribution in [1.29, 1.82) is 0 Å². The van der Waals surface area contributed by atoms with E-state index in [1.54, 1.807) is 22.4 Å². The molecular formula is C26H31N5O4S3. The lowest BCUT2D eigenvalue weighted by atomic mass is 10.0. The van der Waals surface area contributed by atoms with E-state index in [2.05, 4.69) is 5.10 Å². The van der Waals surface area contributed by atoms with E-state index in [1.165, 1.54) is 27.0 Å². The van der Waals surface area contributed by atoms with Gasteiger partial charge in [-0.25, -0.2) is 13.4 Å². The van der Waals surface area contributed by atoms with Gasteiger partial charge in [0.25, 0.3) is 10.0 Å². The molecule has 1 aliphatic heterocycles. The number of aromatic nitrogens is 3. The molecule has 4 aromatic rings. The van der Waals surface area contributed by atoms with Gasteiger partial charge in [-0.1, -0.05) is 29.9 Å². The first-order valence-electron chi connectivity index (χ1n) is 12.7. The number of aryl methyl sites for hydroxylation is 2. The van der Waals surface area contributed by atoms with E-state index in [0.29, 0.717) is 49.1 Å². The van der Waals surface area contributed by atoms with Gasteiger partial charge in [0.15, 0.2) is 5.13 Å². The molecule has 1 unspecified atom stereocenters. The Kier molecular flexibility index (Phi) is 7.85. The number of hydrogen-bond donors (Lipinski definition) is 0. The Hall–Kier alpha value is -2.80. The van der Waals surface area contributed by atoms with Gasteiger partial charge in [-0.15, -0.1) is 11.3 Å². The summed E-state index contributed by atoms with van der Waals surface area (Å²) in [4.78, 5) is 20.7. The molecule has 4 heterocycles. The third-order valence-electron chi connectivity index (χ3n) is 6.60. The Balaban J connectivity index is 1.52. The molecule has 12 heteroatoms. The number of sulfonamides is 1. The van der Waals surface area contributed by atoms with E-state index < -0.39 is 16.1 Å². The molecule has 0 radical (unpaired) electrons. The topological polar surface area (TPSA) is 97.6 Å². The van der Waals surface area contributed by atoms with Crippen LogP contribution in [0.4, 0.5) is 5.13 Å². The van der Waals surface area contributed by atoms with Crippen LogP contribution in [0.5, 0.6) is 5.75 Å². The molecular weight excluding hydrogens is 543 g/mol. The van der Waals surface area contributed by atoms with Crippen molar-refractivity contribution in [1.82, 2.24) is 19.1 Å². The normalized spacial score (nSPS) is 16.7. The van der Waals surface area contributed by atoms with Crippen molar-refractivity contribution in [2.45, 2.75) is 56.8 Å². The fourth-order valence-electron chi connectivity index (χ4n) is 4.84. The highest BCUT2D eigenvalue weighted by Crippen LogP contribution is 2.36. The summed E-state index contributed by atoms with van der Waals surface area (Å²) in [5.41, 5.74) is 2.60. The van der Waals surface area contributed by atoms with E-state index in [9.17, 15) is 13.2 Å². The van der Waals surface area contributed by atoms with Crippen LogP contribution in [0.25, 0.3) is 10.2 Å². The van der Waals surface area contributed by atoms with Crippen molar-refractivity contribution in [2.75, 3.05) is 24.6 Å². The summed E-state index contributed by atoms with van der Waals surface area (Å²) in [6.45, 7) is 7.43. The molecule has 3 aromatic heterocycles. The summed E-state index contributed by atoms with van der Waals surface area (Å²) >= 11 is 2.58. The van der Waals surface area contributed by atoms with Gasteiger partial charge in [0.2, 0.25) is 5.91 Å². The number of nitrogens with zero attached hydrogens (tertiary/aromatic N) is 5. The first kappa shape index (κ1) is 26.8. The maximum absolute atomic E-state index is 14.3. The van der Waals surface area contributed by atoms with E-state index in [4.69, 9.17) is 9.72 Å². The summed E-state index contributed by atoms with van der Waals surface area (Å²) in [5.74, 6) is 0.404. The first-order valence-corrected chi connectivity index (χ1v) is 15.8. The second-order valence-corrected chi connectivity index (χ2v) is 13.3. The zero-order valence-corrected chi connectivity index (χ0v) is 24.1. The standard InChI is InChI=1S/C26H31N5O4S3/c1-4-35-21-10-7-11-22-24(21)27-26(37-22)29(14-15-30-19(3)17-18(2)28-30)25(32)20-9-5-6-13-31(20)38(33,34)23-12-8-16-36-23/h7-8,10-12,16-17,20H,4-6,9,13-15H2,1-3H3. The van der Waals surface area contributed by atoms with Crippen LogP contribution in [-0.4, -0.2) is 59.1 Å². The Morgan fingerprint density at radius 3 is 2.76 bits per heavy atom. The number of ether oxygens (including phenoxy) is 1. The lowest BCUT2D eigenvalue weighted by Crippen LogP contribution is -2.53. The van der Waals surface area contributed by atoms with Crippen molar-refractivity contribution >= 4 is 54.0 Å². The molecule has 1 aromatic carbocycles. The molecule has 0 bridgehead atoms. The second kappa shape index (κ2) is 11.1. The maximum Gasteiger partial charge on any atom is 0.253 e. The van der Waals surface area contributed by atoms with Crippen molar-refractivity contribution in [3.05, 3.63) is 53.2 Å². The molecule has 1 amide bonds. The van der Waals surface area contributed by atoms with Crippen LogP contribution in [0.3, 0.4) is 0 Å². The molecule has 0 spiro atoms. The average molecular weight is 574 g/mol. The molecule has 202 valence electrons. The number of carbonyl (C=O) groups is 1. The van der Waals surface area contributed by atoms with Crippen molar-refractivity contribution in [3.63, 3.8) is 0 Å². The Morgan fingerprint density at radius 1 is 1.21 bits per heavy atom. The first-order chi connectivity index (χ1) is 18.3. The predicted molar refractivity (Wildman–Crippen MR) is 151 cm³/mol. The largest absolute Gasteiger partial charge is 0.492 e. The molecule has 0 saturated carbocycles. The molecule has 9 nitrogen and oxygen atoms in total. The van der Waals surface area contributed by atoms with E-state index >= 15 is 0 Å². The number of carbonyl (C=O) groups excluding carboxylic acids is 1. The fraction of sp³-hybridized carbons (Fsp3) is 0.423. The molecule has 38 heavy (non-hydrogen) atoms. The van der Waals surface area contributed by atoms with Crippen LogP contribution in [0, 0.1) is 13.8 Å². The third-order valence-corrected chi connectivity index (χ3v) is 10.9. The van der Waals surface area contributed by atoms with Gasteiger partial charge in [0.1, 0.15) is 21.5 Å². The number of para-hydroxylation sites is 1. The fourth-order valence-corrected chi connectivity index (χ4v) is 8.63. The SMILES string of the molecule is CCOc1cccc2sc(N(CCn3nc(C)cc3C)C(=O)C3CCCCN3S(=O)(=O)c3cccs3)nc12. The molecule has 1 aliphatic rings. The minimum Gasteiger partial charge on any atom is -0.492 e. The molecule has 1 fully saturated rings. The molecule has 0 N–H and O–H groups in total. The molecule has 0 aliphatic carbocycles. The zero-order chi connectivity index (χ0) is 26.9. The smallest absolute Gasteiger partial charge is 0.253 e. The van der Waals surface area contributed by atoms with Gasteiger partial charge in [0.05, 0.1) is 23.5 Å². The number of benzene rings is 1. The van der Waals surface area contributed by atoms with Gasteiger partial charge < -0.3 is 4.74 Å². The highest BCUT2D eigenvalue weighted by atomic mass is 32.2. The zero-order valence-electron chi connectivity index (χ0n) is 21.7. The van der Waals surface area contributed by atoms with Gasteiger partial charge in [-0.2, -0.15) is 9.40 Å². The van der Waals surface area contributed by atoms with Crippen LogP contribution in [0.15, 0.2) is 46.0 Å². The highest BCUT2D eigenvalue weighted by molar-refractivity contribution is 7.91. The molecule has 1 saturated heterocycles. The number of amides is 1. The van der Waals surface area contributed by atoms with Crippen molar-refractivity contribution in [3.8, 4) is 5.75 Å². The van der Waals surface area contributed by atoms with Crippen LogP contribution in [0.2, 0.25) is 0 Å². The Morgan fingerprint density at radius 2 is 2.05 bits per heavy atom. The number of anilines is 1. The summed E-state index contributed by atoms with van der Waals surface area (Å²) in [5, 5.41) is 6.82. The predicted octanol–water partition coefficient (Wildman–Crippen LogP) is 4.85. The molecule has 5 rings (SSSR count). The average Bonchev–Trinajstić information content (AvgIpc) is 3.65. The third kappa shape index (κ3) is 5.22. The minimum atomic E-state index is -3.79. The van der Waals surface area contributed by atoms with E-state index in [0.717, 1.165) is 28.9 Å². The van der Waals surface area contributed by atoms with Crippen LogP contribution < -0.4 is 9.64 Å². The maximum atomic E-state index is 14.3. The lowest BCUT2D eigenvalue weighted by Gasteiger charge is -2.35. The summed E-state index contributed by atoms with van der Waals surface area (Å²) in [6, 6.07) is 10.2. The monoisotopic (exact) mass is 573 g/mol. The van der Waals surface area contributed by atoms with E-state index in [1.807, 2.05) is 49.7 Å². The Labute approximate surface area is 230 Å². The van der Waals surface area contributed by atoms with Gasteiger partial charge in [0, 0.05) is 18.8 Å². The number of thiazole rings is 1. The summed E-state index contributed by atoms with van der Waals surface area (Å²) < 4.78 is 37.3. The van der Waals surface area contributed by atoms with Gasteiger partial charge in [-0.05, 0) is 63.3 Å². The summed E-state index contributed by atoms with van der Waals surface area (Å²) in [7, 11) is -3.79. The van der Waals surface area contributed by atoms with Crippen molar-refractivity contribution in [2.24, 2.45) is 0 Å². The van der Waals surface area contributed by atoms with Gasteiger partial charge in [-0.3, -0.25) is 14.4 Å².